The Kier molecular flexibility index (Phi) is 4.15. The van der Waals surface area contributed by atoms with E-state index in [2.05, 4.69) is 26.6 Å². The number of carbonyl (C=O) groups excluding carboxylic acids is 1. The molecule has 2 N–H and O–H groups in total. The van der Waals surface area contributed by atoms with Crippen molar-refractivity contribution in [3.63, 3.8) is 0 Å². The van der Waals surface area contributed by atoms with Crippen LogP contribution in [0.4, 0.5) is 5.69 Å². The lowest BCUT2D eigenvalue weighted by molar-refractivity contribution is -0.118. The lowest BCUT2D eigenvalue weighted by Crippen LogP contribution is -2.38. The van der Waals surface area contributed by atoms with Gasteiger partial charge in [0.15, 0.2) is 6.61 Å². The molecule has 1 saturated heterocycles. The van der Waals surface area contributed by atoms with Crippen molar-refractivity contribution in [1.29, 1.82) is 0 Å². The maximum absolute atomic E-state index is 12.8. The van der Waals surface area contributed by atoms with Gasteiger partial charge in [-0.1, -0.05) is 0 Å². The molecule has 7 nitrogen and oxygen atoms in total. The first-order valence-electron chi connectivity index (χ1n) is 6.84. The number of benzene rings is 1. The smallest absolute Gasteiger partial charge is 0.262 e. The molecule has 3 rings (SSSR count). The molecular weight excluding hydrogens is 374 g/mol. The molecule has 2 aliphatic rings. The van der Waals surface area contributed by atoms with Gasteiger partial charge in [0.2, 0.25) is 10.0 Å². The molecule has 1 aromatic carbocycles. The van der Waals surface area contributed by atoms with Crippen LogP contribution >= 0.6 is 15.9 Å². The van der Waals surface area contributed by atoms with Crippen molar-refractivity contribution in [2.45, 2.75) is 17.4 Å². The van der Waals surface area contributed by atoms with Crippen molar-refractivity contribution in [3.05, 3.63) is 16.6 Å². The molecule has 22 heavy (non-hydrogen) atoms. The van der Waals surface area contributed by atoms with Gasteiger partial charge >= 0.3 is 0 Å². The topological polar surface area (TPSA) is 87.7 Å². The minimum Gasteiger partial charge on any atom is -0.482 e. The Bertz CT molecular complexity index is 716. The normalized spacial score (nSPS) is 21.4. The number of ether oxygens (including phenoxy) is 1. The van der Waals surface area contributed by atoms with Gasteiger partial charge in [-0.2, -0.15) is 4.31 Å². The second-order valence-electron chi connectivity index (χ2n) is 5.28. The average molecular weight is 390 g/mol. The highest BCUT2D eigenvalue weighted by Gasteiger charge is 2.32. The number of carbonyl (C=O) groups is 1. The van der Waals surface area contributed by atoms with Crippen LogP contribution in [0.25, 0.3) is 0 Å². The first-order valence-corrected chi connectivity index (χ1v) is 9.08. The largest absolute Gasteiger partial charge is 0.482 e. The number of anilines is 1. The summed E-state index contributed by atoms with van der Waals surface area (Å²) in [4.78, 5) is 11.5. The Hall–Kier alpha value is -1.16. The lowest BCUT2D eigenvalue weighted by Gasteiger charge is -2.25. The number of likely N-dealkylation sites (N-methyl/N-ethyl adjacent to an activating group) is 1. The van der Waals surface area contributed by atoms with Gasteiger partial charge in [0.25, 0.3) is 5.91 Å². The van der Waals surface area contributed by atoms with E-state index >= 15 is 0 Å². The lowest BCUT2D eigenvalue weighted by atomic mass is 10.2. The molecule has 1 aromatic rings. The van der Waals surface area contributed by atoms with E-state index in [1.807, 2.05) is 0 Å². The van der Waals surface area contributed by atoms with Gasteiger partial charge in [0, 0.05) is 30.2 Å². The van der Waals surface area contributed by atoms with E-state index in [-0.39, 0.29) is 23.5 Å². The first-order chi connectivity index (χ1) is 10.4. The molecule has 1 unspecified atom stereocenters. The summed E-state index contributed by atoms with van der Waals surface area (Å²) in [5, 5.41) is 5.81. The van der Waals surface area contributed by atoms with Crippen molar-refractivity contribution in [2.75, 3.05) is 32.1 Å². The number of nitrogens with one attached hydrogen (secondary N) is 2. The summed E-state index contributed by atoms with van der Waals surface area (Å²) in [6.45, 7) is 1.34. The highest BCUT2D eigenvalue weighted by atomic mass is 79.9. The van der Waals surface area contributed by atoms with Crippen LogP contribution in [-0.4, -0.2) is 51.4 Å². The van der Waals surface area contributed by atoms with E-state index in [0.717, 1.165) is 13.0 Å². The van der Waals surface area contributed by atoms with Gasteiger partial charge in [0.1, 0.15) is 10.6 Å². The van der Waals surface area contributed by atoms with Gasteiger partial charge in [-0.05, 0) is 35.0 Å². The van der Waals surface area contributed by atoms with Crippen LogP contribution < -0.4 is 15.4 Å². The van der Waals surface area contributed by atoms with Crippen LogP contribution in [-0.2, 0) is 14.8 Å². The molecule has 0 bridgehead atoms. The van der Waals surface area contributed by atoms with Crippen LogP contribution in [0.2, 0.25) is 0 Å². The van der Waals surface area contributed by atoms with Crippen LogP contribution in [0.15, 0.2) is 21.5 Å². The third-order valence-corrected chi connectivity index (χ3v) is 6.74. The molecule has 0 spiro atoms. The van der Waals surface area contributed by atoms with Crippen molar-refractivity contribution in [2.24, 2.45) is 0 Å². The van der Waals surface area contributed by atoms with Crippen LogP contribution in [0.5, 0.6) is 5.75 Å². The molecule has 0 aromatic heterocycles. The number of halogens is 1. The molecule has 120 valence electrons. The highest BCUT2D eigenvalue weighted by molar-refractivity contribution is 9.10. The van der Waals surface area contributed by atoms with Gasteiger partial charge in [-0.25, -0.2) is 8.42 Å². The minimum atomic E-state index is -3.65. The second kappa shape index (κ2) is 5.80. The molecule has 1 fully saturated rings. The molecule has 1 amide bonds. The van der Waals surface area contributed by atoms with E-state index in [1.165, 1.54) is 10.4 Å². The number of nitrogens with zero attached hydrogens (tertiary/aromatic N) is 1. The first kappa shape index (κ1) is 15.7. The molecule has 9 heteroatoms. The Morgan fingerprint density at radius 3 is 2.86 bits per heavy atom. The monoisotopic (exact) mass is 389 g/mol. The number of sulfonamides is 1. The van der Waals surface area contributed by atoms with E-state index < -0.39 is 10.0 Å². The zero-order valence-corrected chi connectivity index (χ0v) is 14.3. The van der Waals surface area contributed by atoms with Crippen molar-refractivity contribution in [1.82, 2.24) is 9.62 Å². The molecule has 0 radical (unpaired) electrons. The maximum Gasteiger partial charge on any atom is 0.262 e. The van der Waals surface area contributed by atoms with E-state index in [4.69, 9.17) is 4.74 Å². The van der Waals surface area contributed by atoms with E-state index in [9.17, 15) is 13.2 Å². The summed E-state index contributed by atoms with van der Waals surface area (Å²) >= 11 is 3.28. The predicted octanol–water partition coefficient (Wildman–Crippen LogP) is 0.762. The zero-order chi connectivity index (χ0) is 15.9. The third kappa shape index (κ3) is 2.73. The predicted molar refractivity (Wildman–Crippen MR) is 84.5 cm³/mol. The molecule has 2 aliphatic heterocycles. The Labute approximate surface area is 137 Å². The van der Waals surface area contributed by atoms with Crippen LogP contribution in [0.3, 0.4) is 0 Å². The second-order valence-corrected chi connectivity index (χ2v) is 8.10. The molecule has 2 heterocycles. The fraction of sp³-hybridized carbons (Fsp3) is 0.462. The van der Waals surface area contributed by atoms with Crippen molar-refractivity contribution >= 4 is 37.5 Å². The summed E-state index contributed by atoms with van der Waals surface area (Å²) < 4.78 is 32.7. The van der Waals surface area contributed by atoms with Crippen LogP contribution in [0, 0.1) is 0 Å². The molecular formula is C13H16BrN3O4S. The van der Waals surface area contributed by atoms with Crippen molar-refractivity contribution in [3.8, 4) is 5.75 Å². The summed E-state index contributed by atoms with van der Waals surface area (Å²) in [5.74, 6) is 0.100. The zero-order valence-electron chi connectivity index (χ0n) is 11.9. The average Bonchev–Trinajstić information content (AvgIpc) is 2.99. The SMILES string of the molecule is CN(C1CCNC1)S(=O)(=O)c1cc2c(cc1Br)NC(=O)CO2. The third-order valence-electron chi connectivity index (χ3n) is 3.87. The van der Waals surface area contributed by atoms with Gasteiger partial charge in [0.05, 0.1) is 5.69 Å². The minimum absolute atomic E-state index is 0.0615. The summed E-state index contributed by atoms with van der Waals surface area (Å²) in [6, 6.07) is 2.95. The quantitative estimate of drug-likeness (QED) is 0.796. The Morgan fingerprint density at radius 1 is 1.41 bits per heavy atom. The Balaban J connectivity index is 1.98. The van der Waals surface area contributed by atoms with Crippen molar-refractivity contribution < 1.29 is 17.9 Å². The molecule has 0 aliphatic carbocycles. The fourth-order valence-electron chi connectivity index (χ4n) is 2.58. The van der Waals surface area contributed by atoms with E-state index in [0.29, 0.717) is 22.5 Å². The summed E-state index contributed by atoms with van der Waals surface area (Å²) in [5.41, 5.74) is 0.465. The van der Waals surface area contributed by atoms with E-state index in [1.54, 1.807) is 13.1 Å². The highest BCUT2D eigenvalue weighted by Crippen LogP contribution is 2.37. The number of hydrogen-bond donors (Lipinski definition) is 2. The van der Waals surface area contributed by atoms with Gasteiger partial charge < -0.3 is 15.4 Å². The number of hydrogen-bond acceptors (Lipinski definition) is 5. The van der Waals surface area contributed by atoms with Crippen LogP contribution in [0.1, 0.15) is 6.42 Å². The number of fused-ring (bicyclic) bond motifs is 1. The standard InChI is InChI=1S/C13H16BrN3O4S/c1-17(8-2-3-15-6-8)22(19,20)12-5-11-10(4-9(12)14)16-13(18)7-21-11/h4-5,8,15H,2-3,6-7H2,1H3,(H,16,18). The summed E-state index contributed by atoms with van der Waals surface area (Å²) in [7, 11) is -2.06. The molecule has 1 atom stereocenters. The Morgan fingerprint density at radius 2 is 2.18 bits per heavy atom. The summed E-state index contributed by atoms with van der Waals surface area (Å²) in [6.07, 6.45) is 0.783. The number of amides is 1. The van der Waals surface area contributed by atoms with Gasteiger partial charge in [-0.15, -0.1) is 0 Å². The number of rotatable bonds is 3. The fourth-order valence-corrected chi connectivity index (χ4v) is 4.98. The molecule has 0 saturated carbocycles. The maximum atomic E-state index is 12.8. The van der Waals surface area contributed by atoms with Gasteiger partial charge in [-0.3, -0.25) is 4.79 Å².